The molecule has 0 aliphatic carbocycles. The summed E-state index contributed by atoms with van der Waals surface area (Å²) in [5.41, 5.74) is 9.07. The van der Waals surface area contributed by atoms with Crippen molar-refractivity contribution in [2.75, 3.05) is 0 Å². The Morgan fingerprint density at radius 2 is 0.800 bits per heavy atom. The predicted octanol–water partition coefficient (Wildman–Crippen LogP) is 11.6. The quantitative estimate of drug-likeness (QED) is 0.170. The van der Waals surface area contributed by atoms with Crippen LogP contribution in [-0.4, -0.2) is 19.9 Å². The summed E-state index contributed by atoms with van der Waals surface area (Å²) in [5, 5.41) is 4.85. The fraction of sp³-hybridized carbons (Fsp3) is 0. The Morgan fingerprint density at radius 1 is 0.300 bits per heavy atom. The molecule has 0 amide bonds. The van der Waals surface area contributed by atoms with Gasteiger partial charge in [-0.2, -0.15) is 0 Å². The minimum atomic E-state index is 0.611. The maximum absolute atomic E-state index is 5.10. The Morgan fingerprint density at radius 3 is 1.42 bits per heavy atom. The standard InChI is InChI=1S/C46H30N4/c1-4-14-31(15-5-1)43-25-24-35(30-47-43)36-26-37(42-29-34-20-10-11-21-39(34)40-22-12-13-23-41(40)42)28-38(27-36)46-49-44(32-16-6-2-7-17-32)48-45(50-46)33-18-8-3-9-19-33/h1-30H. The van der Waals surface area contributed by atoms with Crippen LogP contribution in [0.1, 0.15) is 0 Å². The number of pyridine rings is 1. The monoisotopic (exact) mass is 638 g/mol. The van der Waals surface area contributed by atoms with Crippen molar-refractivity contribution in [1.29, 1.82) is 0 Å². The molecule has 2 heterocycles. The van der Waals surface area contributed by atoms with E-state index < -0.39 is 0 Å². The Labute approximate surface area is 290 Å². The van der Waals surface area contributed by atoms with E-state index >= 15 is 0 Å². The van der Waals surface area contributed by atoms with Gasteiger partial charge in [0.15, 0.2) is 17.5 Å². The lowest BCUT2D eigenvalue weighted by Crippen LogP contribution is -2.00. The molecule has 0 aliphatic heterocycles. The summed E-state index contributed by atoms with van der Waals surface area (Å²) in [7, 11) is 0. The lowest BCUT2D eigenvalue weighted by atomic mass is 9.90. The van der Waals surface area contributed by atoms with Gasteiger partial charge in [0, 0.05) is 34.0 Å². The van der Waals surface area contributed by atoms with Crippen molar-refractivity contribution in [2.24, 2.45) is 0 Å². The van der Waals surface area contributed by atoms with Crippen LogP contribution in [-0.2, 0) is 0 Å². The normalized spacial score (nSPS) is 11.2. The Balaban J connectivity index is 1.28. The fourth-order valence-corrected chi connectivity index (χ4v) is 6.65. The van der Waals surface area contributed by atoms with Crippen LogP contribution in [0.2, 0.25) is 0 Å². The zero-order chi connectivity index (χ0) is 33.3. The first-order chi connectivity index (χ1) is 24.8. The average molecular weight is 639 g/mol. The number of rotatable bonds is 6. The Kier molecular flexibility index (Phi) is 7.45. The van der Waals surface area contributed by atoms with Crippen molar-refractivity contribution in [3.8, 4) is 67.7 Å². The van der Waals surface area contributed by atoms with Gasteiger partial charge < -0.3 is 0 Å². The van der Waals surface area contributed by atoms with Gasteiger partial charge in [0.05, 0.1) is 5.69 Å². The number of aromatic nitrogens is 4. The second-order valence-electron chi connectivity index (χ2n) is 12.3. The molecule has 0 unspecified atom stereocenters. The maximum Gasteiger partial charge on any atom is 0.164 e. The number of hydrogen-bond donors (Lipinski definition) is 0. The van der Waals surface area contributed by atoms with Crippen LogP contribution in [0.15, 0.2) is 182 Å². The summed E-state index contributed by atoms with van der Waals surface area (Å²) in [6, 6.07) is 60.9. The van der Waals surface area contributed by atoms with Gasteiger partial charge in [0.1, 0.15) is 0 Å². The minimum absolute atomic E-state index is 0.611. The molecule has 234 valence electrons. The van der Waals surface area contributed by atoms with Crippen LogP contribution < -0.4 is 0 Å². The summed E-state index contributed by atoms with van der Waals surface area (Å²) < 4.78 is 0. The van der Waals surface area contributed by atoms with Crippen LogP contribution in [0, 0.1) is 0 Å². The molecule has 0 bridgehead atoms. The first kappa shape index (κ1) is 29.4. The highest BCUT2D eigenvalue weighted by Gasteiger charge is 2.16. The molecule has 0 atom stereocenters. The summed E-state index contributed by atoms with van der Waals surface area (Å²) in [4.78, 5) is 20.0. The third kappa shape index (κ3) is 5.59. The molecule has 2 aromatic heterocycles. The molecule has 0 radical (unpaired) electrons. The first-order valence-corrected chi connectivity index (χ1v) is 16.7. The van der Waals surface area contributed by atoms with E-state index in [0.29, 0.717) is 17.5 Å². The first-order valence-electron chi connectivity index (χ1n) is 16.7. The molecule has 0 saturated heterocycles. The molecular formula is C46H30N4. The molecule has 0 fully saturated rings. The summed E-state index contributed by atoms with van der Waals surface area (Å²) in [5.74, 6) is 1.87. The molecular weight excluding hydrogens is 609 g/mol. The van der Waals surface area contributed by atoms with E-state index in [0.717, 1.165) is 50.2 Å². The minimum Gasteiger partial charge on any atom is -0.256 e. The van der Waals surface area contributed by atoms with Crippen molar-refractivity contribution < 1.29 is 0 Å². The van der Waals surface area contributed by atoms with Crippen LogP contribution in [0.4, 0.5) is 0 Å². The lowest BCUT2D eigenvalue weighted by Gasteiger charge is -2.15. The van der Waals surface area contributed by atoms with E-state index in [1.807, 2.05) is 85.1 Å². The van der Waals surface area contributed by atoms with Gasteiger partial charge >= 0.3 is 0 Å². The zero-order valence-electron chi connectivity index (χ0n) is 27.1. The van der Waals surface area contributed by atoms with Gasteiger partial charge in [-0.3, -0.25) is 4.98 Å². The van der Waals surface area contributed by atoms with Crippen LogP contribution in [0.5, 0.6) is 0 Å². The molecule has 0 aliphatic rings. The predicted molar refractivity (Wildman–Crippen MR) is 205 cm³/mol. The fourth-order valence-electron chi connectivity index (χ4n) is 6.65. The van der Waals surface area contributed by atoms with E-state index in [1.54, 1.807) is 0 Å². The average Bonchev–Trinajstić information content (AvgIpc) is 3.21. The number of benzene rings is 7. The summed E-state index contributed by atoms with van der Waals surface area (Å²) in [6.45, 7) is 0. The van der Waals surface area contributed by atoms with E-state index in [9.17, 15) is 0 Å². The van der Waals surface area contributed by atoms with E-state index in [1.165, 1.54) is 21.5 Å². The molecule has 7 aromatic carbocycles. The number of nitrogens with zero attached hydrogens (tertiary/aromatic N) is 4. The second-order valence-corrected chi connectivity index (χ2v) is 12.3. The molecule has 4 nitrogen and oxygen atoms in total. The highest BCUT2D eigenvalue weighted by Crippen LogP contribution is 2.39. The largest absolute Gasteiger partial charge is 0.256 e. The highest BCUT2D eigenvalue weighted by atomic mass is 15.0. The maximum atomic E-state index is 5.10. The smallest absolute Gasteiger partial charge is 0.164 e. The van der Waals surface area contributed by atoms with Gasteiger partial charge in [0.25, 0.3) is 0 Å². The molecule has 0 spiro atoms. The van der Waals surface area contributed by atoms with E-state index in [-0.39, 0.29) is 0 Å². The van der Waals surface area contributed by atoms with Gasteiger partial charge in [-0.1, -0.05) is 146 Å². The molecule has 9 rings (SSSR count). The van der Waals surface area contributed by atoms with E-state index in [4.69, 9.17) is 19.9 Å². The summed E-state index contributed by atoms with van der Waals surface area (Å²) in [6.07, 6.45) is 1.96. The lowest BCUT2D eigenvalue weighted by molar-refractivity contribution is 1.07. The second kappa shape index (κ2) is 12.7. The van der Waals surface area contributed by atoms with Crippen molar-refractivity contribution in [2.45, 2.75) is 0 Å². The van der Waals surface area contributed by atoms with Crippen LogP contribution in [0.25, 0.3) is 89.2 Å². The molecule has 9 aromatic rings. The van der Waals surface area contributed by atoms with Crippen LogP contribution >= 0.6 is 0 Å². The highest BCUT2D eigenvalue weighted by molar-refractivity contribution is 6.14. The number of fused-ring (bicyclic) bond motifs is 3. The third-order valence-electron chi connectivity index (χ3n) is 9.14. The number of hydrogen-bond acceptors (Lipinski definition) is 4. The Hall–Kier alpha value is -6.78. The molecule has 0 N–H and O–H groups in total. The van der Waals surface area contributed by atoms with Gasteiger partial charge in [0.2, 0.25) is 0 Å². The molecule has 50 heavy (non-hydrogen) atoms. The molecule has 4 heteroatoms. The van der Waals surface area contributed by atoms with Crippen LogP contribution in [0.3, 0.4) is 0 Å². The van der Waals surface area contributed by atoms with E-state index in [2.05, 4.69) is 97.1 Å². The SMILES string of the molecule is c1ccc(-c2ccc(-c3cc(-c4nc(-c5ccccc5)nc(-c5ccccc5)n4)cc(-c4cc5ccccc5c5ccccc45)c3)cn2)cc1. The van der Waals surface area contributed by atoms with Crippen molar-refractivity contribution in [3.63, 3.8) is 0 Å². The zero-order valence-corrected chi connectivity index (χ0v) is 27.1. The van der Waals surface area contributed by atoms with Gasteiger partial charge in [-0.25, -0.2) is 15.0 Å². The summed E-state index contributed by atoms with van der Waals surface area (Å²) >= 11 is 0. The van der Waals surface area contributed by atoms with Crippen molar-refractivity contribution in [3.05, 3.63) is 182 Å². The van der Waals surface area contributed by atoms with Gasteiger partial charge in [-0.15, -0.1) is 0 Å². The van der Waals surface area contributed by atoms with Crippen molar-refractivity contribution >= 4 is 21.5 Å². The van der Waals surface area contributed by atoms with Gasteiger partial charge in [-0.05, 0) is 68.6 Å². The Bertz CT molecular complexity index is 2560. The topological polar surface area (TPSA) is 51.6 Å². The third-order valence-corrected chi connectivity index (χ3v) is 9.14. The molecule has 0 saturated carbocycles. The van der Waals surface area contributed by atoms with Crippen molar-refractivity contribution in [1.82, 2.24) is 19.9 Å².